The van der Waals surface area contributed by atoms with Gasteiger partial charge in [-0.2, -0.15) is 0 Å². The van der Waals surface area contributed by atoms with Crippen LogP contribution in [0.15, 0.2) is 72.8 Å². The lowest BCUT2D eigenvalue weighted by Crippen LogP contribution is -2.46. The predicted octanol–water partition coefficient (Wildman–Crippen LogP) is 4.78. The maximum atomic E-state index is 13.7. The third kappa shape index (κ3) is 8.55. The Morgan fingerprint density at radius 3 is 1.83 bits per heavy atom. The fraction of sp³-hybridized carbons (Fsp3) is 0.400. The number of ether oxygens (including phenoxy) is 3. The molecule has 3 unspecified atom stereocenters. The summed E-state index contributed by atoms with van der Waals surface area (Å²) in [7, 11) is 1.54. The van der Waals surface area contributed by atoms with Crippen molar-refractivity contribution in [1.82, 2.24) is 4.90 Å². The van der Waals surface area contributed by atoms with Gasteiger partial charge < -0.3 is 39.5 Å². The number of aliphatic hydroxyl groups is 1. The lowest BCUT2D eigenvalue weighted by molar-refractivity contribution is -0.177. The molecule has 0 radical (unpaired) electrons. The zero-order chi connectivity index (χ0) is 33.9. The van der Waals surface area contributed by atoms with Crippen molar-refractivity contribution in [2.75, 3.05) is 33.4 Å². The van der Waals surface area contributed by atoms with Gasteiger partial charge in [-0.15, -0.1) is 0 Å². The summed E-state index contributed by atoms with van der Waals surface area (Å²) in [6, 6.07) is 20.3. The SMILES string of the molecule is CCC(c1ccc(OC)cc1)C(OC(=O)CC(O)(CC(=O)O)C(=O)O)(c1ccc(O)cc1)c1ccc(OCCN(CC)CC)cc1. The van der Waals surface area contributed by atoms with Gasteiger partial charge in [0.15, 0.2) is 11.2 Å². The molecule has 0 bridgehead atoms. The van der Waals surface area contributed by atoms with Crippen LogP contribution in [0.25, 0.3) is 0 Å². The smallest absolute Gasteiger partial charge is 0.336 e. The third-order valence-corrected chi connectivity index (χ3v) is 8.12. The van der Waals surface area contributed by atoms with Gasteiger partial charge in [-0.3, -0.25) is 9.59 Å². The van der Waals surface area contributed by atoms with E-state index in [-0.39, 0.29) is 5.75 Å². The van der Waals surface area contributed by atoms with Gasteiger partial charge in [0.25, 0.3) is 0 Å². The van der Waals surface area contributed by atoms with E-state index in [4.69, 9.17) is 14.2 Å². The molecule has 0 fully saturated rings. The number of rotatable bonds is 18. The summed E-state index contributed by atoms with van der Waals surface area (Å²) in [6.07, 6.45) is -1.92. The highest BCUT2D eigenvalue weighted by Crippen LogP contribution is 2.49. The van der Waals surface area contributed by atoms with Crippen molar-refractivity contribution in [2.45, 2.75) is 57.2 Å². The van der Waals surface area contributed by atoms with Crippen LogP contribution in [0.3, 0.4) is 0 Å². The first-order chi connectivity index (χ1) is 21.9. The monoisotopic (exact) mass is 637 g/mol. The van der Waals surface area contributed by atoms with Gasteiger partial charge in [0.1, 0.15) is 23.9 Å². The van der Waals surface area contributed by atoms with E-state index < -0.39 is 47.9 Å². The first-order valence-electron chi connectivity index (χ1n) is 15.2. The first-order valence-corrected chi connectivity index (χ1v) is 15.2. The van der Waals surface area contributed by atoms with E-state index in [1.807, 2.05) is 19.1 Å². The molecule has 0 aromatic heterocycles. The first kappa shape index (κ1) is 35.9. The molecule has 0 saturated heterocycles. The Morgan fingerprint density at radius 2 is 1.35 bits per heavy atom. The Hall–Kier alpha value is -4.61. The summed E-state index contributed by atoms with van der Waals surface area (Å²) in [4.78, 5) is 39.3. The van der Waals surface area contributed by atoms with Crippen molar-refractivity contribution in [3.05, 3.63) is 89.5 Å². The minimum Gasteiger partial charge on any atom is -0.508 e. The van der Waals surface area contributed by atoms with Gasteiger partial charge in [0, 0.05) is 23.6 Å². The number of likely N-dealkylation sites (N-methyl/N-ethyl adjacent to an activating group) is 1. The number of carboxylic acid groups (broad SMARTS) is 2. The maximum Gasteiger partial charge on any atom is 0.336 e. The lowest BCUT2D eigenvalue weighted by atomic mass is 9.71. The van der Waals surface area contributed by atoms with E-state index in [2.05, 4.69) is 18.7 Å². The van der Waals surface area contributed by atoms with E-state index in [9.17, 15) is 34.8 Å². The number of aliphatic carboxylic acids is 2. The highest BCUT2D eigenvalue weighted by atomic mass is 16.6. The van der Waals surface area contributed by atoms with Crippen LogP contribution in [-0.4, -0.2) is 82.2 Å². The number of nitrogens with zero attached hydrogens (tertiary/aromatic N) is 1. The Kier molecular flexibility index (Phi) is 12.6. The van der Waals surface area contributed by atoms with Crippen LogP contribution in [0.4, 0.5) is 0 Å². The van der Waals surface area contributed by atoms with Crippen LogP contribution in [0.2, 0.25) is 0 Å². The van der Waals surface area contributed by atoms with E-state index in [1.54, 1.807) is 55.6 Å². The molecular formula is C35H43NO10. The van der Waals surface area contributed by atoms with E-state index in [0.29, 0.717) is 35.7 Å². The molecule has 0 aliphatic carbocycles. The second-order valence-electron chi connectivity index (χ2n) is 11.0. The number of aromatic hydroxyl groups is 1. The molecule has 3 aromatic rings. The number of esters is 1. The fourth-order valence-corrected chi connectivity index (χ4v) is 5.61. The maximum absolute atomic E-state index is 13.7. The summed E-state index contributed by atoms with van der Waals surface area (Å²) in [5.74, 6) is -4.01. The molecule has 0 saturated carbocycles. The molecular weight excluding hydrogens is 594 g/mol. The van der Waals surface area contributed by atoms with Crippen molar-refractivity contribution < 1.29 is 49.0 Å². The van der Waals surface area contributed by atoms with Crippen LogP contribution in [0, 0.1) is 0 Å². The van der Waals surface area contributed by atoms with Gasteiger partial charge in [-0.25, -0.2) is 4.79 Å². The Bertz CT molecular complexity index is 1440. The molecule has 3 atom stereocenters. The zero-order valence-corrected chi connectivity index (χ0v) is 26.6. The standard InChI is InChI=1S/C35H43NO10/c1-5-30(24-8-16-28(44-4)17-9-24)35(25-10-14-27(37)15-11-25,46-32(40)23-34(43,33(41)42)22-31(38)39)26-12-18-29(19-13-26)45-21-20-36(6-2)7-3/h8-19,30,37,43H,5-7,20-23H2,1-4H3,(H,38,39)(H,41,42). The third-order valence-electron chi connectivity index (χ3n) is 8.12. The molecule has 0 heterocycles. The average molecular weight is 638 g/mol. The molecule has 4 N–H and O–H groups in total. The summed E-state index contributed by atoms with van der Waals surface area (Å²) >= 11 is 0. The van der Waals surface area contributed by atoms with Gasteiger partial charge in [0.05, 0.1) is 20.0 Å². The molecule has 3 aromatic carbocycles. The molecule has 0 aliphatic rings. The summed E-state index contributed by atoms with van der Waals surface area (Å²) < 4.78 is 17.6. The van der Waals surface area contributed by atoms with Crippen molar-refractivity contribution in [1.29, 1.82) is 0 Å². The van der Waals surface area contributed by atoms with Crippen molar-refractivity contribution in [2.24, 2.45) is 0 Å². The number of benzene rings is 3. The van der Waals surface area contributed by atoms with Crippen molar-refractivity contribution in [3.8, 4) is 17.2 Å². The number of carboxylic acids is 2. The van der Waals surface area contributed by atoms with Gasteiger partial charge >= 0.3 is 17.9 Å². The molecule has 11 heteroatoms. The van der Waals surface area contributed by atoms with E-state index >= 15 is 0 Å². The number of carbonyl (C=O) groups is 3. The van der Waals surface area contributed by atoms with Crippen LogP contribution >= 0.6 is 0 Å². The molecule has 0 spiro atoms. The average Bonchev–Trinajstić information content (AvgIpc) is 3.03. The van der Waals surface area contributed by atoms with Gasteiger partial charge in [0.2, 0.25) is 0 Å². The number of carbonyl (C=O) groups excluding carboxylic acids is 1. The molecule has 248 valence electrons. The molecule has 3 rings (SSSR count). The van der Waals surface area contributed by atoms with Crippen LogP contribution in [0.1, 0.15) is 62.6 Å². The quantitative estimate of drug-likeness (QED) is 0.142. The number of phenolic OH excluding ortho intramolecular Hbond substituents is 1. The second kappa shape index (κ2) is 16.1. The minimum atomic E-state index is -2.91. The summed E-state index contributed by atoms with van der Waals surface area (Å²) in [5, 5.41) is 39.8. The largest absolute Gasteiger partial charge is 0.508 e. The Labute approximate surface area is 269 Å². The van der Waals surface area contributed by atoms with Gasteiger partial charge in [-0.05, 0) is 61.5 Å². The zero-order valence-electron chi connectivity index (χ0n) is 26.6. The highest BCUT2D eigenvalue weighted by molar-refractivity contribution is 5.88. The Morgan fingerprint density at radius 1 is 0.804 bits per heavy atom. The van der Waals surface area contributed by atoms with Crippen LogP contribution in [0.5, 0.6) is 17.2 Å². The summed E-state index contributed by atoms with van der Waals surface area (Å²) in [5.41, 5.74) is -2.83. The van der Waals surface area contributed by atoms with Gasteiger partial charge in [-0.1, -0.05) is 57.2 Å². The lowest BCUT2D eigenvalue weighted by Gasteiger charge is -2.42. The molecule has 0 amide bonds. The minimum absolute atomic E-state index is 0.0277. The fourth-order valence-electron chi connectivity index (χ4n) is 5.61. The predicted molar refractivity (Wildman–Crippen MR) is 170 cm³/mol. The number of methoxy groups -OCH3 is 1. The van der Waals surface area contributed by atoms with E-state index in [0.717, 1.165) is 25.2 Å². The summed E-state index contributed by atoms with van der Waals surface area (Å²) in [6.45, 7) is 9.05. The Balaban J connectivity index is 2.19. The van der Waals surface area contributed by atoms with Crippen LogP contribution < -0.4 is 9.47 Å². The topological polar surface area (TPSA) is 163 Å². The normalized spacial score (nSPS) is 14.5. The van der Waals surface area contributed by atoms with Crippen molar-refractivity contribution in [3.63, 3.8) is 0 Å². The van der Waals surface area contributed by atoms with Crippen molar-refractivity contribution >= 4 is 17.9 Å². The second-order valence-corrected chi connectivity index (χ2v) is 11.0. The number of phenols is 1. The highest BCUT2D eigenvalue weighted by Gasteiger charge is 2.49. The number of hydrogen-bond acceptors (Lipinski definition) is 9. The molecule has 46 heavy (non-hydrogen) atoms. The molecule has 11 nitrogen and oxygen atoms in total. The van der Waals surface area contributed by atoms with E-state index in [1.165, 1.54) is 12.1 Å². The number of hydrogen-bond donors (Lipinski definition) is 4. The molecule has 0 aliphatic heterocycles. The van der Waals surface area contributed by atoms with Crippen LogP contribution in [-0.2, 0) is 24.7 Å².